The number of anilines is 2. The standard InChI is InChI=1S/C16H16ClFN2/c1-11-9-19-15-4-2-3-5-16(15)20(11)10-12-6-7-13(17)8-14(12)18/h2-8,11,19H,9-10H2,1H3. The summed E-state index contributed by atoms with van der Waals surface area (Å²) in [6, 6.07) is 13.3. The second-order valence-electron chi connectivity index (χ2n) is 5.11. The van der Waals surface area contributed by atoms with Crippen molar-refractivity contribution in [1.29, 1.82) is 0 Å². The first-order valence-corrected chi connectivity index (χ1v) is 7.06. The van der Waals surface area contributed by atoms with Gasteiger partial charge < -0.3 is 10.2 Å². The highest BCUT2D eigenvalue weighted by Crippen LogP contribution is 2.32. The Kier molecular flexibility index (Phi) is 3.53. The number of nitrogens with zero attached hydrogens (tertiary/aromatic N) is 1. The van der Waals surface area contributed by atoms with E-state index in [1.54, 1.807) is 12.1 Å². The monoisotopic (exact) mass is 290 g/mol. The van der Waals surface area contributed by atoms with Crippen molar-refractivity contribution in [2.45, 2.75) is 19.5 Å². The van der Waals surface area contributed by atoms with E-state index in [9.17, 15) is 4.39 Å². The summed E-state index contributed by atoms with van der Waals surface area (Å²) in [5, 5.41) is 3.83. The van der Waals surface area contributed by atoms with E-state index in [0.717, 1.165) is 17.9 Å². The average molecular weight is 291 g/mol. The molecule has 0 radical (unpaired) electrons. The lowest BCUT2D eigenvalue weighted by molar-refractivity contribution is 0.585. The second kappa shape index (κ2) is 5.33. The van der Waals surface area contributed by atoms with Crippen LogP contribution in [0.5, 0.6) is 0 Å². The van der Waals surface area contributed by atoms with Gasteiger partial charge in [-0.2, -0.15) is 0 Å². The Labute approximate surface area is 123 Å². The number of benzene rings is 2. The smallest absolute Gasteiger partial charge is 0.129 e. The summed E-state index contributed by atoms with van der Waals surface area (Å²) in [4.78, 5) is 2.22. The van der Waals surface area contributed by atoms with Crippen molar-refractivity contribution in [3.63, 3.8) is 0 Å². The van der Waals surface area contributed by atoms with Crippen molar-refractivity contribution in [3.05, 3.63) is 58.9 Å². The van der Waals surface area contributed by atoms with Crippen LogP contribution in [0.25, 0.3) is 0 Å². The first-order valence-electron chi connectivity index (χ1n) is 6.68. The van der Waals surface area contributed by atoms with E-state index in [4.69, 9.17) is 11.6 Å². The summed E-state index contributed by atoms with van der Waals surface area (Å²) >= 11 is 5.81. The Morgan fingerprint density at radius 1 is 1.30 bits per heavy atom. The van der Waals surface area contributed by atoms with Gasteiger partial charge >= 0.3 is 0 Å². The normalized spacial score (nSPS) is 17.6. The molecule has 104 valence electrons. The summed E-state index contributed by atoms with van der Waals surface area (Å²) < 4.78 is 14.0. The van der Waals surface area contributed by atoms with Gasteiger partial charge in [-0.05, 0) is 31.2 Å². The van der Waals surface area contributed by atoms with Crippen LogP contribution in [-0.2, 0) is 6.54 Å². The first kappa shape index (κ1) is 13.3. The fourth-order valence-corrected chi connectivity index (χ4v) is 2.71. The number of hydrogen-bond donors (Lipinski definition) is 1. The molecule has 20 heavy (non-hydrogen) atoms. The van der Waals surface area contributed by atoms with Gasteiger partial charge in [-0.3, -0.25) is 0 Å². The summed E-state index contributed by atoms with van der Waals surface area (Å²) in [5.74, 6) is -0.249. The SMILES string of the molecule is CC1CNc2ccccc2N1Cc1ccc(Cl)cc1F. The van der Waals surface area contributed by atoms with Crippen LogP contribution in [0, 0.1) is 5.82 Å². The van der Waals surface area contributed by atoms with Gasteiger partial charge in [0.05, 0.1) is 11.4 Å². The minimum Gasteiger partial charge on any atom is -0.381 e. The molecule has 3 rings (SSSR count). The molecule has 1 aliphatic heterocycles. The predicted molar refractivity (Wildman–Crippen MR) is 82.0 cm³/mol. The molecule has 0 aliphatic carbocycles. The molecule has 0 spiro atoms. The third-order valence-corrected chi connectivity index (χ3v) is 3.92. The fourth-order valence-electron chi connectivity index (χ4n) is 2.55. The number of hydrogen-bond acceptors (Lipinski definition) is 2. The van der Waals surface area contributed by atoms with Crippen LogP contribution < -0.4 is 10.2 Å². The van der Waals surface area contributed by atoms with E-state index in [0.29, 0.717) is 23.2 Å². The molecule has 2 aromatic rings. The average Bonchev–Trinajstić information content (AvgIpc) is 2.44. The quantitative estimate of drug-likeness (QED) is 0.887. The molecule has 0 saturated carbocycles. The van der Waals surface area contributed by atoms with Gasteiger partial charge in [-0.25, -0.2) is 4.39 Å². The second-order valence-corrected chi connectivity index (χ2v) is 5.55. The molecule has 2 aromatic carbocycles. The van der Waals surface area contributed by atoms with Crippen molar-refractivity contribution >= 4 is 23.0 Å². The molecule has 4 heteroatoms. The first-order chi connectivity index (χ1) is 9.65. The van der Waals surface area contributed by atoms with Gasteiger partial charge in [0, 0.05) is 29.7 Å². The Balaban J connectivity index is 1.93. The van der Waals surface area contributed by atoms with Crippen molar-refractivity contribution in [2.75, 3.05) is 16.8 Å². The molecule has 0 bridgehead atoms. The molecule has 1 atom stereocenters. The molecular formula is C16H16ClFN2. The van der Waals surface area contributed by atoms with E-state index in [-0.39, 0.29) is 5.82 Å². The molecule has 0 fully saturated rings. The van der Waals surface area contributed by atoms with Crippen LogP contribution >= 0.6 is 11.6 Å². The molecule has 1 aliphatic rings. The van der Waals surface area contributed by atoms with Crippen LogP contribution in [0.4, 0.5) is 15.8 Å². The third kappa shape index (κ3) is 2.46. The van der Waals surface area contributed by atoms with Gasteiger partial charge in [0.25, 0.3) is 0 Å². The molecule has 1 N–H and O–H groups in total. The van der Waals surface area contributed by atoms with Crippen molar-refractivity contribution in [3.8, 4) is 0 Å². The van der Waals surface area contributed by atoms with Crippen molar-refractivity contribution in [2.24, 2.45) is 0 Å². The fraction of sp³-hybridized carbons (Fsp3) is 0.250. The Morgan fingerprint density at radius 3 is 2.90 bits per heavy atom. The maximum atomic E-state index is 14.0. The molecule has 0 saturated heterocycles. The van der Waals surface area contributed by atoms with Crippen LogP contribution in [0.1, 0.15) is 12.5 Å². The summed E-state index contributed by atoms with van der Waals surface area (Å²) in [6.45, 7) is 3.53. The van der Waals surface area contributed by atoms with E-state index in [1.807, 2.05) is 18.2 Å². The van der Waals surface area contributed by atoms with E-state index in [1.165, 1.54) is 6.07 Å². The molecule has 1 unspecified atom stereocenters. The van der Waals surface area contributed by atoms with Crippen LogP contribution in [0.3, 0.4) is 0 Å². The van der Waals surface area contributed by atoms with Crippen LogP contribution in [-0.4, -0.2) is 12.6 Å². The highest BCUT2D eigenvalue weighted by molar-refractivity contribution is 6.30. The third-order valence-electron chi connectivity index (χ3n) is 3.69. The zero-order valence-electron chi connectivity index (χ0n) is 11.2. The van der Waals surface area contributed by atoms with E-state index < -0.39 is 0 Å². The lowest BCUT2D eigenvalue weighted by Gasteiger charge is -2.37. The Morgan fingerprint density at radius 2 is 2.10 bits per heavy atom. The van der Waals surface area contributed by atoms with Gasteiger partial charge in [-0.1, -0.05) is 29.8 Å². The lowest BCUT2D eigenvalue weighted by Crippen LogP contribution is -2.41. The number of fused-ring (bicyclic) bond motifs is 1. The zero-order chi connectivity index (χ0) is 14.1. The van der Waals surface area contributed by atoms with E-state index >= 15 is 0 Å². The molecule has 0 aromatic heterocycles. The molecule has 2 nitrogen and oxygen atoms in total. The highest BCUT2D eigenvalue weighted by atomic mass is 35.5. The van der Waals surface area contributed by atoms with Crippen molar-refractivity contribution in [1.82, 2.24) is 0 Å². The van der Waals surface area contributed by atoms with Gasteiger partial charge in [-0.15, -0.1) is 0 Å². The number of rotatable bonds is 2. The minimum absolute atomic E-state index is 0.249. The maximum Gasteiger partial charge on any atom is 0.129 e. The zero-order valence-corrected chi connectivity index (χ0v) is 12.0. The number of nitrogens with one attached hydrogen (secondary N) is 1. The lowest BCUT2D eigenvalue weighted by atomic mass is 10.1. The Bertz CT molecular complexity index is 630. The maximum absolute atomic E-state index is 14.0. The Hall–Kier alpha value is -1.74. The van der Waals surface area contributed by atoms with Crippen molar-refractivity contribution < 1.29 is 4.39 Å². The molecule has 1 heterocycles. The highest BCUT2D eigenvalue weighted by Gasteiger charge is 2.23. The van der Waals surface area contributed by atoms with Crippen LogP contribution in [0.2, 0.25) is 5.02 Å². The van der Waals surface area contributed by atoms with Gasteiger partial charge in [0.1, 0.15) is 5.82 Å². The number of halogens is 2. The van der Waals surface area contributed by atoms with E-state index in [2.05, 4.69) is 23.2 Å². The summed E-state index contributed by atoms with van der Waals surface area (Å²) in [6.07, 6.45) is 0. The number of para-hydroxylation sites is 2. The van der Waals surface area contributed by atoms with Crippen LogP contribution in [0.15, 0.2) is 42.5 Å². The summed E-state index contributed by atoms with van der Waals surface area (Å²) in [7, 11) is 0. The van der Waals surface area contributed by atoms with Gasteiger partial charge in [0.15, 0.2) is 0 Å². The largest absolute Gasteiger partial charge is 0.381 e. The summed E-state index contributed by atoms with van der Waals surface area (Å²) in [5.41, 5.74) is 2.87. The molecule has 0 amide bonds. The minimum atomic E-state index is -0.249. The topological polar surface area (TPSA) is 15.3 Å². The molecular weight excluding hydrogens is 275 g/mol. The van der Waals surface area contributed by atoms with Gasteiger partial charge in [0.2, 0.25) is 0 Å². The predicted octanol–water partition coefficient (Wildman–Crippen LogP) is 4.30.